The Morgan fingerprint density at radius 2 is 1.18 bits per heavy atom. The minimum atomic E-state index is 0.333. The van der Waals surface area contributed by atoms with Crippen molar-refractivity contribution in [3.05, 3.63) is 102 Å². The smallest absolute Gasteiger partial charge is 0.179 e. The van der Waals surface area contributed by atoms with E-state index in [-0.39, 0.29) is 0 Å². The zero-order valence-corrected chi connectivity index (χ0v) is 19.0. The molecule has 0 aliphatic carbocycles. The van der Waals surface area contributed by atoms with Gasteiger partial charge in [-0.1, -0.05) is 84.4 Å². The summed E-state index contributed by atoms with van der Waals surface area (Å²) in [6.45, 7) is 2.03. The molecule has 3 aromatic heterocycles. The molecular formula is C28H18ClN5. The van der Waals surface area contributed by atoms with Crippen LogP contribution in [-0.4, -0.2) is 24.9 Å². The Bertz CT molecular complexity index is 1670. The predicted molar refractivity (Wildman–Crippen MR) is 136 cm³/mol. The average molecular weight is 460 g/mol. The summed E-state index contributed by atoms with van der Waals surface area (Å²) >= 11 is 6.19. The molecule has 3 heterocycles. The van der Waals surface area contributed by atoms with Crippen LogP contribution in [0, 0.1) is 6.92 Å². The number of hydrogen-bond donors (Lipinski definition) is 0. The lowest BCUT2D eigenvalue weighted by Gasteiger charge is -2.16. The lowest BCUT2D eigenvalue weighted by Crippen LogP contribution is -2.03. The van der Waals surface area contributed by atoms with Crippen LogP contribution in [0.4, 0.5) is 0 Å². The molecule has 0 amide bonds. The molecule has 0 bridgehead atoms. The van der Waals surface area contributed by atoms with Gasteiger partial charge in [-0.3, -0.25) is 0 Å². The van der Waals surface area contributed by atoms with Crippen molar-refractivity contribution in [1.29, 1.82) is 0 Å². The molecule has 162 valence electrons. The number of benzene rings is 3. The quantitative estimate of drug-likeness (QED) is 0.287. The Hall–Kier alpha value is -4.22. The van der Waals surface area contributed by atoms with Gasteiger partial charge in [-0.2, -0.15) is 0 Å². The number of pyridine rings is 1. The molecule has 34 heavy (non-hydrogen) atoms. The Balaban J connectivity index is 1.76. The zero-order valence-electron chi connectivity index (χ0n) is 18.3. The van der Waals surface area contributed by atoms with Crippen LogP contribution < -0.4 is 0 Å². The van der Waals surface area contributed by atoms with E-state index in [2.05, 4.69) is 22.1 Å². The molecule has 0 fully saturated rings. The first kappa shape index (κ1) is 20.4. The third kappa shape index (κ3) is 3.47. The van der Waals surface area contributed by atoms with Gasteiger partial charge in [-0.25, -0.2) is 24.9 Å². The number of aryl methyl sites for hydroxylation is 1. The predicted octanol–water partition coefficient (Wildman–Crippen LogP) is 6.93. The van der Waals surface area contributed by atoms with Gasteiger partial charge in [0.25, 0.3) is 0 Å². The number of para-hydroxylation sites is 2. The van der Waals surface area contributed by atoms with E-state index >= 15 is 0 Å². The SMILES string of the molecule is Cc1c(-c2ccccc2)c(-c2nc3ccccc3nc2-c2ccccc2)nc2ncc(Cl)nc12. The van der Waals surface area contributed by atoms with E-state index in [9.17, 15) is 0 Å². The normalized spacial score (nSPS) is 11.2. The van der Waals surface area contributed by atoms with Crippen molar-refractivity contribution in [1.82, 2.24) is 24.9 Å². The molecule has 0 N–H and O–H groups in total. The van der Waals surface area contributed by atoms with E-state index in [0.717, 1.165) is 39.0 Å². The summed E-state index contributed by atoms with van der Waals surface area (Å²) in [5, 5.41) is 0.333. The van der Waals surface area contributed by atoms with Gasteiger partial charge in [0.2, 0.25) is 0 Å². The summed E-state index contributed by atoms with van der Waals surface area (Å²) in [4.78, 5) is 24.1. The lowest BCUT2D eigenvalue weighted by molar-refractivity contribution is 1.19. The highest BCUT2D eigenvalue weighted by molar-refractivity contribution is 6.29. The molecule has 0 unspecified atom stereocenters. The average Bonchev–Trinajstić information content (AvgIpc) is 2.89. The van der Waals surface area contributed by atoms with Crippen LogP contribution in [0.1, 0.15) is 5.56 Å². The Labute approximate surface area is 201 Å². The van der Waals surface area contributed by atoms with Crippen LogP contribution in [0.15, 0.2) is 91.1 Å². The van der Waals surface area contributed by atoms with Crippen molar-refractivity contribution in [3.63, 3.8) is 0 Å². The van der Waals surface area contributed by atoms with Gasteiger partial charge in [0.15, 0.2) is 5.65 Å². The number of hydrogen-bond acceptors (Lipinski definition) is 5. The molecule has 5 nitrogen and oxygen atoms in total. The van der Waals surface area contributed by atoms with Gasteiger partial charge in [-0.05, 0) is 30.2 Å². The van der Waals surface area contributed by atoms with Crippen molar-refractivity contribution in [2.45, 2.75) is 6.92 Å². The Morgan fingerprint density at radius 3 is 1.85 bits per heavy atom. The molecule has 0 aliphatic rings. The maximum absolute atomic E-state index is 6.19. The fraction of sp³-hybridized carbons (Fsp3) is 0.0357. The molecular weight excluding hydrogens is 442 g/mol. The van der Waals surface area contributed by atoms with E-state index in [1.165, 1.54) is 6.20 Å². The lowest BCUT2D eigenvalue weighted by atomic mass is 9.94. The second-order valence-corrected chi connectivity index (χ2v) is 8.35. The van der Waals surface area contributed by atoms with Gasteiger partial charge in [0.1, 0.15) is 22.1 Å². The van der Waals surface area contributed by atoms with Crippen molar-refractivity contribution in [2.24, 2.45) is 0 Å². The maximum Gasteiger partial charge on any atom is 0.179 e. The third-order valence-corrected chi connectivity index (χ3v) is 6.00. The van der Waals surface area contributed by atoms with E-state index < -0.39 is 0 Å². The summed E-state index contributed by atoms with van der Waals surface area (Å²) in [5.41, 5.74) is 8.86. The summed E-state index contributed by atoms with van der Waals surface area (Å²) in [6.07, 6.45) is 1.52. The molecule has 3 aromatic carbocycles. The van der Waals surface area contributed by atoms with Crippen LogP contribution in [0.3, 0.4) is 0 Å². The summed E-state index contributed by atoms with van der Waals surface area (Å²) in [7, 11) is 0. The van der Waals surface area contributed by atoms with Crippen LogP contribution >= 0.6 is 11.6 Å². The van der Waals surface area contributed by atoms with Gasteiger partial charge in [0.05, 0.1) is 22.9 Å². The summed E-state index contributed by atoms with van der Waals surface area (Å²) < 4.78 is 0. The molecule has 0 atom stereocenters. The van der Waals surface area contributed by atoms with Crippen LogP contribution in [0.25, 0.3) is 56.0 Å². The topological polar surface area (TPSA) is 64.5 Å². The molecule has 6 rings (SSSR count). The largest absolute Gasteiger partial charge is 0.244 e. The highest BCUT2D eigenvalue weighted by Crippen LogP contribution is 2.39. The highest BCUT2D eigenvalue weighted by Gasteiger charge is 2.22. The van der Waals surface area contributed by atoms with Crippen molar-refractivity contribution in [3.8, 4) is 33.8 Å². The minimum absolute atomic E-state index is 0.333. The molecule has 6 heteroatoms. The summed E-state index contributed by atoms with van der Waals surface area (Å²) in [6, 6.07) is 28.1. The fourth-order valence-electron chi connectivity index (χ4n) is 4.24. The molecule has 0 radical (unpaired) electrons. The van der Waals surface area contributed by atoms with Crippen LogP contribution in [-0.2, 0) is 0 Å². The fourth-order valence-corrected chi connectivity index (χ4v) is 4.38. The molecule has 0 aliphatic heterocycles. The monoisotopic (exact) mass is 459 g/mol. The number of halogens is 1. The Kier molecular flexibility index (Phi) is 4.97. The van der Waals surface area contributed by atoms with Gasteiger partial charge < -0.3 is 0 Å². The molecule has 0 saturated heterocycles. The van der Waals surface area contributed by atoms with Crippen LogP contribution in [0.5, 0.6) is 0 Å². The highest BCUT2D eigenvalue weighted by atomic mass is 35.5. The van der Waals surface area contributed by atoms with Crippen molar-refractivity contribution < 1.29 is 0 Å². The number of fused-ring (bicyclic) bond motifs is 2. The first-order valence-corrected chi connectivity index (χ1v) is 11.3. The Morgan fingerprint density at radius 1 is 0.588 bits per heavy atom. The molecule has 6 aromatic rings. The standard InChI is InChI=1S/C28H18ClN5/c1-17-23(18-10-4-2-5-11-18)26(34-28-24(17)33-22(29)16-30-28)27-25(19-12-6-3-7-13-19)31-20-14-8-9-15-21(20)32-27/h2-16H,1H3. The molecule has 0 spiro atoms. The minimum Gasteiger partial charge on any atom is -0.244 e. The summed E-state index contributed by atoms with van der Waals surface area (Å²) in [5.74, 6) is 0. The van der Waals surface area contributed by atoms with E-state index in [0.29, 0.717) is 27.7 Å². The maximum atomic E-state index is 6.19. The van der Waals surface area contributed by atoms with Crippen molar-refractivity contribution in [2.75, 3.05) is 0 Å². The first-order chi connectivity index (χ1) is 16.7. The van der Waals surface area contributed by atoms with Gasteiger partial charge in [-0.15, -0.1) is 0 Å². The van der Waals surface area contributed by atoms with Crippen LogP contribution in [0.2, 0.25) is 5.15 Å². The van der Waals surface area contributed by atoms with E-state index in [1.54, 1.807) is 0 Å². The zero-order chi connectivity index (χ0) is 23.1. The van der Waals surface area contributed by atoms with E-state index in [4.69, 9.17) is 26.6 Å². The molecule has 0 saturated carbocycles. The van der Waals surface area contributed by atoms with Crippen molar-refractivity contribution >= 4 is 33.8 Å². The van der Waals surface area contributed by atoms with Gasteiger partial charge in [0, 0.05) is 11.1 Å². The number of rotatable bonds is 3. The van der Waals surface area contributed by atoms with Gasteiger partial charge >= 0.3 is 0 Å². The van der Waals surface area contributed by atoms with E-state index in [1.807, 2.05) is 79.7 Å². The number of aromatic nitrogens is 5. The second-order valence-electron chi connectivity index (χ2n) is 7.97. The number of nitrogens with zero attached hydrogens (tertiary/aromatic N) is 5. The third-order valence-electron chi connectivity index (χ3n) is 5.81. The second kappa shape index (κ2) is 8.28. The first-order valence-electron chi connectivity index (χ1n) is 10.9.